The van der Waals surface area contributed by atoms with E-state index in [2.05, 4.69) is 35.3 Å². The molecule has 0 fully saturated rings. The maximum atomic E-state index is 3.10. The Morgan fingerprint density at radius 1 is 1.11 bits per heavy atom. The molecule has 1 heterocycles. The van der Waals surface area contributed by atoms with Crippen LogP contribution in [-0.4, -0.2) is 13.0 Å². The summed E-state index contributed by atoms with van der Waals surface area (Å²) >= 11 is 0. The van der Waals surface area contributed by atoms with Gasteiger partial charge in [-0.3, -0.25) is 0 Å². The number of rotatable bonds is 1. The van der Waals surface area contributed by atoms with E-state index in [4.69, 9.17) is 0 Å². The first-order valence-electron chi connectivity index (χ1n) is 3.08. The van der Waals surface area contributed by atoms with Gasteiger partial charge in [0.25, 0.3) is 0 Å². The summed E-state index contributed by atoms with van der Waals surface area (Å²) in [6.45, 7) is 6.79. The van der Waals surface area contributed by atoms with Crippen molar-refractivity contribution in [3.8, 4) is 0 Å². The lowest BCUT2D eigenvalue weighted by molar-refractivity contribution is 0.335. The van der Waals surface area contributed by atoms with Gasteiger partial charge in [-0.05, 0) is 0 Å². The van der Waals surface area contributed by atoms with E-state index in [9.17, 15) is 0 Å². The van der Waals surface area contributed by atoms with Crippen LogP contribution >= 0.6 is 0 Å². The quantitative estimate of drug-likeness (QED) is 0.527. The largest absolute Gasteiger partial charge is 0.314 e. The smallest absolute Gasteiger partial charge is 0.171 e. The second-order valence-corrected chi connectivity index (χ2v) is 7.89. The normalized spacial score (nSPS) is 19.4. The molecule has 9 heavy (non-hydrogen) atoms. The molecule has 0 aromatic carbocycles. The van der Waals surface area contributed by atoms with Crippen LogP contribution in [0.5, 0.6) is 0 Å². The highest BCUT2D eigenvalue weighted by molar-refractivity contribution is 6.73. The van der Waals surface area contributed by atoms with Crippen LogP contribution in [0.1, 0.15) is 0 Å². The summed E-state index contributed by atoms with van der Waals surface area (Å²) in [5.41, 5.74) is 6.20. The second-order valence-electron chi connectivity index (χ2n) is 3.10. The summed E-state index contributed by atoms with van der Waals surface area (Å²) < 4.78 is 0. The van der Waals surface area contributed by atoms with Gasteiger partial charge in [-0.2, -0.15) is 4.78 Å². The lowest BCUT2D eigenvalue weighted by Crippen LogP contribution is -2.54. The highest BCUT2D eigenvalue weighted by Crippen LogP contribution is 2.04. The highest BCUT2D eigenvalue weighted by atomic mass is 28.3. The van der Waals surface area contributed by atoms with Gasteiger partial charge in [0.05, 0.1) is 0 Å². The minimum atomic E-state index is -1.18. The number of hydrogen-bond acceptors (Lipinski definition) is 3. The van der Waals surface area contributed by atoms with Gasteiger partial charge in [0.2, 0.25) is 0 Å². The first-order chi connectivity index (χ1) is 4.11. The van der Waals surface area contributed by atoms with Gasteiger partial charge in [0, 0.05) is 12.4 Å². The average molecular weight is 143 g/mol. The van der Waals surface area contributed by atoms with Crippen molar-refractivity contribution < 1.29 is 0 Å². The standard InChI is InChI=1S/C5H13N3Si/c1-9(2,3)8-6-4-5-7-8/h4-7H,1-3H3. The zero-order chi connectivity index (χ0) is 6.91. The molecule has 0 aromatic rings. The lowest BCUT2D eigenvalue weighted by Gasteiger charge is -2.28. The lowest BCUT2D eigenvalue weighted by atomic mass is 11.0. The Labute approximate surface area is 56.8 Å². The van der Waals surface area contributed by atoms with Crippen LogP contribution in [0.25, 0.3) is 0 Å². The molecule has 0 aliphatic carbocycles. The summed E-state index contributed by atoms with van der Waals surface area (Å²) in [7, 11) is -1.18. The van der Waals surface area contributed by atoms with E-state index in [1.165, 1.54) is 0 Å². The number of nitrogens with one attached hydrogen (secondary N) is 2. The predicted octanol–water partition coefficient (Wildman–Crippen LogP) is 0.617. The molecule has 1 aliphatic heterocycles. The summed E-state index contributed by atoms with van der Waals surface area (Å²) in [5, 5.41) is 0. The monoisotopic (exact) mass is 143 g/mol. The topological polar surface area (TPSA) is 27.3 Å². The Morgan fingerprint density at radius 2 is 1.56 bits per heavy atom. The molecule has 0 aromatic heterocycles. The van der Waals surface area contributed by atoms with Crippen molar-refractivity contribution in [3.05, 3.63) is 12.4 Å². The molecule has 0 spiro atoms. The van der Waals surface area contributed by atoms with Crippen LogP contribution in [0, 0.1) is 0 Å². The average Bonchev–Trinajstić information content (AvgIpc) is 2.08. The van der Waals surface area contributed by atoms with E-state index in [-0.39, 0.29) is 0 Å². The van der Waals surface area contributed by atoms with Gasteiger partial charge in [-0.15, -0.1) is 0 Å². The van der Waals surface area contributed by atoms with Crippen molar-refractivity contribution in [2.24, 2.45) is 0 Å². The molecule has 52 valence electrons. The molecule has 0 radical (unpaired) electrons. The van der Waals surface area contributed by atoms with Gasteiger partial charge >= 0.3 is 0 Å². The molecule has 1 aliphatic rings. The van der Waals surface area contributed by atoms with Crippen LogP contribution in [-0.2, 0) is 0 Å². The third-order valence-electron chi connectivity index (χ3n) is 1.16. The number of nitrogens with zero attached hydrogens (tertiary/aromatic N) is 1. The van der Waals surface area contributed by atoms with Crippen LogP contribution < -0.4 is 10.9 Å². The Kier molecular flexibility index (Phi) is 1.50. The number of hydrazine groups is 2. The van der Waals surface area contributed by atoms with E-state index in [0.29, 0.717) is 0 Å². The second kappa shape index (κ2) is 2.04. The Hall–Kier alpha value is -0.483. The van der Waals surface area contributed by atoms with E-state index in [0.717, 1.165) is 0 Å². The molecule has 2 N–H and O–H groups in total. The van der Waals surface area contributed by atoms with Crippen LogP contribution in [0.4, 0.5) is 0 Å². The Bertz CT molecular complexity index is 119. The minimum absolute atomic E-state index is 1.18. The van der Waals surface area contributed by atoms with E-state index < -0.39 is 8.24 Å². The first-order valence-corrected chi connectivity index (χ1v) is 6.53. The van der Waals surface area contributed by atoms with Crippen LogP contribution in [0.15, 0.2) is 12.4 Å². The van der Waals surface area contributed by atoms with E-state index in [1.54, 1.807) is 0 Å². The Morgan fingerprint density at radius 3 is 1.78 bits per heavy atom. The minimum Gasteiger partial charge on any atom is -0.314 e. The maximum absolute atomic E-state index is 3.10. The fourth-order valence-corrected chi connectivity index (χ4v) is 1.57. The summed E-state index contributed by atoms with van der Waals surface area (Å²) in [4.78, 5) is 2.08. The Balaban J connectivity index is 2.46. The molecule has 4 heteroatoms. The first kappa shape index (κ1) is 6.63. The van der Waals surface area contributed by atoms with Crippen molar-refractivity contribution in [1.82, 2.24) is 15.6 Å². The van der Waals surface area contributed by atoms with Gasteiger partial charge < -0.3 is 10.9 Å². The third kappa shape index (κ3) is 1.46. The third-order valence-corrected chi connectivity index (χ3v) is 2.76. The zero-order valence-corrected chi connectivity index (χ0v) is 7.10. The molecule has 0 bridgehead atoms. The molecule has 0 amide bonds. The van der Waals surface area contributed by atoms with Gasteiger partial charge in [-0.25, -0.2) is 0 Å². The SMILES string of the molecule is C[Si](C)(C)N1NC=CN1. The van der Waals surface area contributed by atoms with Gasteiger partial charge in [0.15, 0.2) is 8.24 Å². The van der Waals surface area contributed by atoms with Gasteiger partial charge in [0.1, 0.15) is 0 Å². The number of hydrogen-bond donors (Lipinski definition) is 2. The van der Waals surface area contributed by atoms with Gasteiger partial charge in [-0.1, -0.05) is 19.6 Å². The van der Waals surface area contributed by atoms with Crippen molar-refractivity contribution in [2.45, 2.75) is 19.6 Å². The molecule has 0 saturated heterocycles. The molecule has 0 unspecified atom stereocenters. The molecular weight excluding hydrogens is 130 g/mol. The zero-order valence-electron chi connectivity index (χ0n) is 6.10. The van der Waals surface area contributed by atoms with Crippen LogP contribution in [0.2, 0.25) is 19.6 Å². The highest BCUT2D eigenvalue weighted by Gasteiger charge is 2.24. The molecule has 1 rings (SSSR count). The van der Waals surface area contributed by atoms with E-state index >= 15 is 0 Å². The van der Waals surface area contributed by atoms with Crippen molar-refractivity contribution in [1.29, 1.82) is 0 Å². The van der Waals surface area contributed by atoms with Crippen molar-refractivity contribution in [3.63, 3.8) is 0 Å². The fourth-order valence-electron chi connectivity index (χ4n) is 0.648. The molecular formula is C5H13N3Si. The summed E-state index contributed by atoms with van der Waals surface area (Å²) in [6, 6.07) is 0. The van der Waals surface area contributed by atoms with Crippen molar-refractivity contribution >= 4 is 8.24 Å². The summed E-state index contributed by atoms with van der Waals surface area (Å²) in [5.74, 6) is 0. The van der Waals surface area contributed by atoms with Crippen molar-refractivity contribution in [2.75, 3.05) is 0 Å². The maximum Gasteiger partial charge on any atom is 0.171 e. The molecule has 0 atom stereocenters. The fraction of sp³-hybridized carbons (Fsp3) is 0.600. The molecule has 0 saturated carbocycles. The predicted molar refractivity (Wildman–Crippen MR) is 40.6 cm³/mol. The van der Waals surface area contributed by atoms with E-state index in [1.807, 2.05) is 12.4 Å². The molecule has 3 nitrogen and oxygen atoms in total. The summed E-state index contributed by atoms with van der Waals surface area (Å²) in [6.07, 6.45) is 3.80. The van der Waals surface area contributed by atoms with Crippen LogP contribution in [0.3, 0.4) is 0 Å².